The van der Waals surface area contributed by atoms with Crippen LogP contribution in [0.3, 0.4) is 0 Å². The van der Waals surface area contributed by atoms with Gasteiger partial charge in [-0.3, -0.25) is 19.6 Å². The van der Waals surface area contributed by atoms with E-state index in [9.17, 15) is 9.18 Å². The fourth-order valence-electron chi connectivity index (χ4n) is 3.02. The Morgan fingerprint density at radius 1 is 1.18 bits per heavy atom. The fourth-order valence-corrected chi connectivity index (χ4v) is 3.02. The molecule has 28 heavy (non-hydrogen) atoms. The van der Waals surface area contributed by atoms with Crippen molar-refractivity contribution in [2.24, 2.45) is 0 Å². The normalized spacial score (nSPS) is 10.9. The highest BCUT2D eigenvalue weighted by Crippen LogP contribution is 2.33. The van der Waals surface area contributed by atoms with Crippen molar-refractivity contribution in [1.29, 1.82) is 0 Å². The number of hydrogen-bond donors (Lipinski definition) is 2. The highest BCUT2D eigenvalue weighted by molar-refractivity contribution is 5.81. The van der Waals surface area contributed by atoms with E-state index < -0.39 is 11.8 Å². The van der Waals surface area contributed by atoms with Crippen LogP contribution in [0, 0.1) is 12.7 Å². The summed E-state index contributed by atoms with van der Waals surface area (Å²) in [6.07, 6.45) is 4.63. The number of rotatable bonds is 5. The lowest BCUT2D eigenvalue weighted by molar-refractivity contribution is -0.137. The van der Waals surface area contributed by atoms with Crippen molar-refractivity contribution in [1.82, 2.24) is 25.0 Å². The second kappa shape index (κ2) is 7.07. The molecule has 0 amide bonds. The molecule has 0 bridgehead atoms. The zero-order valence-electron chi connectivity index (χ0n) is 14.9. The third-order valence-corrected chi connectivity index (χ3v) is 4.30. The molecule has 0 spiro atoms. The van der Waals surface area contributed by atoms with Crippen LogP contribution in [0.5, 0.6) is 0 Å². The van der Waals surface area contributed by atoms with E-state index in [4.69, 9.17) is 5.11 Å². The van der Waals surface area contributed by atoms with E-state index in [1.54, 1.807) is 18.3 Å². The van der Waals surface area contributed by atoms with Crippen LogP contribution in [-0.4, -0.2) is 36.0 Å². The zero-order chi connectivity index (χ0) is 19.7. The maximum absolute atomic E-state index is 14.5. The standard InChI is InChI=1S/C20H16FN5O2/c1-12-3-2-4-18(24-12)20-16(9-22-25-20)13-5-6-17(21)15(7-13)14-8-23-26(10-14)11-19(27)28/h2-10H,11H2,1H3,(H,22,25)(H,27,28). The Kier molecular flexibility index (Phi) is 4.44. The first-order valence-electron chi connectivity index (χ1n) is 8.53. The molecule has 7 nitrogen and oxygen atoms in total. The number of aliphatic carboxylic acids is 1. The molecule has 0 fully saturated rings. The topological polar surface area (TPSA) is 96.7 Å². The Hall–Kier alpha value is -3.81. The number of H-pyrrole nitrogens is 1. The molecule has 0 atom stereocenters. The number of hydrogen-bond acceptors (Lipinski definition) is 4. The molecule has 0 aliphatic heterocycles. The Morgan fingerprint density at radius 3 is 2.82 bits per heavy atom. The molecular weight excluding hydrogens is 361 g/mol. The second-order valence-corrected chi connectivity index (χ2v) is 6.34. The maximum Gasteiger partial charge on any atom is 0.325 e. The molecule has 4 aromatic rings. The third kappa shape index (κ3) is 3.39. The zero-order valence-corrected chi connectivity index (χ0v) is 14.9. The van der Waals surface area contributed by atoms with E-state index in [-0.39, 0.29) is 6.54 Å². The second-order valence-electron chi connectivity index (χ2n) is 6.34. The molecule has 0 unspecified atom stereocenters. The Morgan fingerprint density at radius 2 is 2.04 bits per heavy atom. The van der Waals surface area contributed by atoms with Crippen LogP contribution in [-0.2, 0) is 11.3 Å². The number of nitrogens with one attached hydrogen (secondary N) is 1. The van der Waals surface area contributed by atoms with Gasteiger partial charge in [0.2, 0.25) is 0 Å². The van der Waals surface area contributed by atoms with Crippen LogP contribution in [0.15, 0.2) is 55.0 Å². The quantitative estimate of drug-likeness (QED) is 0.555. The molecule has 2 N–H and O–H groups in total. The smallest absolute Gasteiger partial charge is 0.325 e. The van der Waals surface area contributed by atoms with E-state index >= 15 is 0 Å². The molecule has 3 aromatic heterocycles. The SMILES string of the molecule is Cc1cccc(-c2[nH]ncc2-c2ccc(F)c(-c3cnn(CC(=O)O)c3)c2)n1. The molecule has 0 aliphatic carbocycles. The molecule has 0 radical (unpaired) electrons. The average molecular weight is 377 g/mol. The Balaban J connectivity index is 1.76. The van der Waals surface area contributed by atoms with Crippen molar-refractivity contribution in [3.8, 4) is 33.6 Å². The summed E-state index contributed by atoms with van der Waals surface area (Å²) in [6.45, 7) is 1.62. The number of aromatic nitrogens is 5. The summed E-state index contributed by atoms with van der Waals surface area (Å²) in [5.74, 6) is -1.44. The van der Waals surface area contributed by atoms with Gasteiger partial charge in [0.25, 0.3) is 0 Å². The van der Waals surface area contributed by atoms with Gasteiger partial charge >= 0.3 is 5.97 Å². The van der Waals surface area contributed by atoms with Crippen molar-refractivity contribution >= 4 is 5.97 Å². The van der Waals surface area contributed by atoms with Crippen LogP contribution < -0.4 is 0 Å². The van der Waals surface area contributed by atoms with Crippen LogP contribution in [0.1, 0.15) is 5.69 Å². The third-order valence-electron chi connectivity index (χ3n) is 4.30. The molecule has 0 saturated heterocycles. The van der Waals surface area contributed by atoms with Gasteiger partial charge in [0.15, 0.2) is 0 Å². The summed E-state index contributed by atoms with van der Waals surface area (Å²) in [7, 11) is 0. The van der Waals surface area contributed by atoms with Crippen molar-refractivity contribution < 1.29 is 14.3 Å². The molecule has 8 heteroatoms. The van der Waals surface area contributed by atoms with Crippen molar-refractivity contribution in [3.05, 3.63) is 66.5 Å². The first kappa shape index (κ1) is 17.6. The van der Waals surface area contributed by atoms with Crippen LogP contribution in [0.4, 0.5) is 4.39 Å². The minimum absolute atomic E-state index is 0.285. The molecule has 3 heterocycles. The number of carbonyl (C=O) groups is 1. The van der Waals surface area contributed by atoms with Crippen LogP contribution >= 0.6 is 0 Å². The maximum atomic E-state index is 14.5. The van der Waals surface area contributed by atoms with Gasteiger partial charge in [-0.05, 0) is 36.8 Å². The van der Waals surface area contributed by atoms with E-state index in [0.29, 0.717) is 11.1 Å². The monoisotopic (exact) mass is 377 g/mol. The van der Waals surface area contributed by atoms with Gasteiger partial charge in [0.05, 0.1) is 23.8 Å². The predicted molar refractivity (Wildman–Crippen MR) is 101 cm³/mol. The summed E-state index contributed by atoms with van der Waals surface area (Å²) >= 11 is 0. The number of halogens is 1. The summed E-state index contributed by atoms with van der Waals surface area (Å²) in [5.41, 5.74) is 4.74. The van der Waals surface area contributed by atoms with Gasteiger partial charge in [-0.1, -0.05) is 12.1 Å². The van der Waals surface area contributed by atoms with Crippen molar-refractivity contribution in [3.63, 3.8) is 0 Å². The van der Waals surface area contributed by atoms with E-state index in [0.717, 1.165) is 28.2 Å². The van der Waals surface area contributed by atoms with Gasteiger partial charge in [-0.15, -0.1) is 0 Å². The fraction of sp³-hybridized carbons (Fsp3) is 0.100. The van der Waals surface area contributed by atoms with Crippen LogP contribution in [0.2, 0.25) is 0 Å². The predicted octanol–water partition coefficient (Wildman–Crippen LogP) is 3.53. The number of pyridine rings is 1. The Bertz CT molecular complexity index is 1160. The van der Waals surface area contributed by atoms with E-state index in [1.807, 2.05) is 25.1 Å². The first-order chi connectivity index (χ1) is 13.5. The molecular formula is C20H16FN5O2. The molecule has 4 rings (SSSR count). The number of carboxylic acid groups (broad SMARTS) is 1. The summed E-state index contributed by atoms with van der Waals surface area (Å²) < 4.78 is 15.7. The van der Waals surface area contributed by atoms with Gasteiger partial charge in [-0.25, -0.2) is 4.39 Å². The lowest BCUT2D eigenvalue weighted by atomic mass is 9.99. The molecule has 1 aromatic carbocycles. The summed E-state index contributed by atoms with van der Waals surface area (Å²) in [5, 5.41) is 19.9. The van der Waals surface area contributed by atoms with E-state index in [2.05, 4.69) is 20.3 Å². The van der Waals surface area contributed by atoms with Gasteiger partial charge < -0.3 is 5.11 Å². The van der Waals surface area contributed by atoms with Crippen LogP contribution in [0.25, 0.3) is 33.6 Å². The summed E-state index contributed by atoms with van der Waals surface area (Å²) in [4.78, 5) is 15.4. The molecule has 0 saturated carbocycles. The van der Waals surface area contributed by atoms with Crippen molar-refractivity contribution in [2.75, 3.05) is 0 Å². The largest absolute Gasteiger partial charge is 0.480 e. The molecule has 140 valence electrons. The summed E-state index contributed by atoms with van der Waals surface area (Å²) in [6, 6.07) is 10.4. The highest BCUT2D eigenvalue weighted by Gasteiger charge is 2.15. The minimum atomic E-state index is -1.02. The number of carboxylic acids is 1. The highest BCUT2D eigenvalue weighted by atomic mass is 19.1. The van der Waals surface area contributed by atoms with E-state index in [1.165, 1.54) is 23.1 Å². The lowest BCUT2D eigenvalue weighted by Crippen LogP contribution is -2.08. The number of nitrogens with zero attached hydrogens (tertiary/aromatic N) is 4. The van der Waals surface area contributed by atoms with Gasteiger partial charge in [-0.2, -0.15) is 10.2 Å². The minimum Gasteiger partial charge on any atom is -0.480 e. The van der Waals surface area contributed by atoms with Gasteiger partial charge in [0.1, 0.15) is 12.4 Å². The number of aromatic amines is 1. The lowest BCUT2D eigenvalue weighted by Gasteiger charge is -2.07. The van der Waals surface area contributed by atoms with Gasteiger partial charge in [0, 0.05) is 28.6 Å². The Labute approximate surface area is 159 Å². The van der Waals surface area contributed by atoms with Crippen molar-refractivity contribution in [2.45, 2.75) is 13.5 Å². The number of benzene rings is 1. The first-order valence-corrected chi connectivity index (χ1v) is 8.53. The average Bonchev–Trinajstić information content (AvgIpc) is 3.31. The molecule has 0 aliphatic rings. The number of aryl methyl sites for hydroxylation is 1.